The molecular formula is C20H18N2O3S. The molecule has 4 rings (SSSR count). The number of likely N-dealkylation sites (N-methyl/N-ethyl adjacent to an activating group) is 1. The van der Waals surface area contributed by atoms with Crippen LogP contribution in [0.3, 0.4) is 0 Å². The maximum atomic E-state index is 13.0. The third kappa shape index (κ3) is 2.72. The molecule has 0 N–H and O–H groups in total. The van der Waals surface area contributed by atoms with Crippen molar-refractivity contribution < 1.29 is 14.3 Å². The van der Waals surface area contributed by atoms with Gasteiger partial charge in [0.15, 0.2) is 16.6 Å². The van der Waals surface area contributed by atoms with Crippen molar-refractivity contribution >= 4 is 35.0 Å². The summed E-state index contributed by atoms with van der Waals surface area (Å²) < 4.78 is 11.3. The minimum atomic E-state index is -0.141. The number of para-hydroxylation sites is 1. The van der Waals surface area contributed by atoms with Crippen LogP contribution < -0.4 is 14.4 Å². The Labute approximate surface area is 157 Å². The number of nitrogens with zero attached hydrogens (tertiary/aromatic N) is 2. The Morgan fingerprint density at radius 3 is 2.42 bits per heavy atom. The average Bonchev–Trinajstić information content (AvgIpc) is 2.86. The number of amides is 1. The zero-order valence-corrected chi connectivity index (χ0v) is 15.4. The molecule has 1 fully saturated rings. The highest BCUT2D eigenvalue weighted by atomic mass is 32.1. The van der Waals surface area contributed by atoms with Crippen LogP contribution in [-0.2, 0) is 4.79 Å². The smallest absolute Gasteiger partial charge is 0.281 e. The lowest BCUT2D eigenvalue weighted by atomic mass is 10.1. The van der Waals surface area contributed by atoms with Crippen LogP contribution in [0.5, 0.6) is 11.5 Å². The van der Waals surface area contributed by atoms with E-state index in [4.69, 9.17) is 21.7 Å². The molecule has 0 atom stereocenters. The summed E-state index contributed by atoms with van der Waals surface area (Å²) in [6.45, 7) is 3.06. The van der Waals surface area contributed by atoms with Gasteiger partial charge < -0.3 is 14.4 Å². The quantitative estimate of drug-likeness (QED) is 0.602. The van der Waals surface area contributed by atoms with E-state index in [9.17, 15) is 4.79 Å². The number of anilines is 1. The molecule has 0 saturated carbocycles. The van der Waals surface area contributed by atoms with Crippen molar-refractivity contribution in [1.82, 2.24) is 4.90 Å². The summed E-state index contributed by atoms with van der Waals surface area (Å²) in [4.78, 5) is 16.3. The van der Waals surface area contributed by atoms with Crippen molar-refractivity contribution in [2.24, 2.45) is 0 Å². The minimum absolute atomic E-state index is 0.141. The van der Waals surface area contributed by atoms with Gasteiger partial charge in [-0.25, -0.2) is 0 Å². The van der Waals surface area contributed by atoms with E-state index >= 15 is 0 Å². The van der Waals surface area contributed by atoms with Crippen molar-refractivity contribution in [3.8, 4) is 11.5 Å². The first-order chi connectivity index (χ1) is 12.6. The van der Waals surface area contributed by atoms with Crippen LogP contribution >= 0.6 is 12.2 Å². The van der Waals surface area contributed by atoms with E-state index in [1.54, 1.807) is 9.80 Å². The molecule has 0 unspecified atom stereocenters. The van der Waals surface area contributed by atoms with Gasteiger partial charge in [0, 0.05) is 7.05 Å². The van der Waals surface area contributed by atoms with Gasteiger partial charge >= 0.3 is 0 Å². The number of aryl methyl sites for hydroxylation is 1. The van der Waals surface area contributed by atoms with Crippen molar-refractivity contribution in [1.29, 1.82) is 0 Å². The zero-order chi connectivity index (χ0) is 18.3. The van der Waals surface area contributed by atoms with Crippen molar-refractivity contribution in [3.63, 3.8) is 0 Å². The number of rotatable bonds is 2. The summed E-state index contributed by atoms with van der Waals surface area (Å²) in [5, 5.41) is 0.461. The first-order valence-electron chi connectivity index (χ1n) is 8.35. The lowest BCUT2D eigenvalue weighted by Gasteiger charge is -2.20. The van der Waals surface area contributed by atoms with Crippen LogP contribution in [0.15, 0.2) is 48.2 Å². The van der Waals surface area contributed by atoms with E-state index in [1.165, 1.54) is 0 Å². The van der Waals surface area contributed by atoms with Crippen molar-refractivity contribution in [2.45, 2.75) is 6.92 Å². The molecule has 2 aromatic rings. The lowest BCUT2D eigenvalue weighted by Crippen LogP contribution is -2.30. The second-order valence-corrected chi connectivity index (χ2v) is 6.56. The Kier molecular flexibility index (Phi) is 4.12. The van der Waals surface area contributed by atoms with Crippen LogP contribution in [0.4, 0.5) is 5.69 Å². The third-order valence-electron chi connectivity index (χ3n) is 4.50. The molecule has 26 heavy (non-hydrogen) atoms. The number of carbonyl (C=O) groups is 1. The second kappa shape index (κ2) is 6.46. The Morgan fingerprint density at radius 1 is 1.08 bits per heavy atom. The van der Waals surface area contributed by atoms with Gasteiger partial charge in [0.05, 0.1) is 5.69 Å². The number of hydrogen-bond acceptors (Lipinski definition) is 4. The number of benzene rings is 2. The molecule has 0 bridgehead atoms. The second-order valence-electron chi connectivity index (χ2n) is 6.20. The van der Waals surface area contributed by atoms with Crippen LogP contribution in [0, 0.1) is 6.92 Å². The number of thiocarbonyl (C=S) groups is 1. The topological polar surface area (TPSA) is 42.0 Å². The standard InChI is InChI=1S/C20H18N2O3S/c1-13-10-17-18(25-9-8-24-17)12-14(13)11-16-19(23)22(20(26)21(16)2)15-6-4-3-5-7-15/h3-7,10-12H,8-9H2,1-2H3/b16-11-. The Hall–Kier alpha value is -2.86. The Balaban J connectivity index is 1.74. The Bertz CT molecular complexity index is 924. The molecule has 0 aromatic heterocycles. The van der Waals surface area contributed by atoms with E-state index in [0.717, 1.165) is 22.6 Å². The van der Waals surface area contributed by atoms with Crippen molar-refractivity contribution in [3.05, 3.63) is 59.3 Å². The molecule has 2 aliphatic heterocycles. The van der Waals surface area contributed by atoms with E-state index in [1.807, 2.05) is 62.5 Å². The van der Waals surface area contributed by atoms with Crippen LogP contribution in [0.1, 0.15) is 11.1 Å². The molecule has 0 aliphatic carbocycles. The fourth-order valence-corrected chi connectivity index (χ4v) is 3.36. The summed E-state index contributed by atoms with van der Waals surface area (Å²) in [6, 6.07) is 13.3. The third-order valence-corrected chi connectivity index (χ3v) is 4.96. The fourth-order valence-electron chi connectivity index (χ4n) is 3.07. The molecule has 1 amide bonds. The molecule has 2 aliphatic rings. The summed E-state index contributed by atoms with van der Waals surface area (Å²) >= 11 is 5.49. The molecule has 2 aromatic carbocycles. The van der Waals surface area contributed by atoms with Gasteiger partial charge in [-0.3, -0.25) is 9.69 Å². The van der Waals surface area contributed by atoms with Gasteiger partial charge in [-0.05, 0) is 60.6 Å². The van der Waals surface area contributed by atoms with Gasteiger partial charge in [0.25, 0.3) is 5.91 Å². The minimum Gasteiger partial charge on any atom is -0.486 e. The summed E-state index contributed by atoms with van der Waals surface area (Å²) in [7, 11) is 1.81. The summed E-state index contributed by atoms with van der Waals surface area (Å²) in [5.41, 5.74) is 3.20. The SMILES string of the molecule is Cc1cc2c(cc1/C=C1/C(=O)N(c3ccccc3)C(=S)N1C)OCCO2. The summed E-state index contributed by atoms with van der Waals surface area (Å²) in [6.07, 6.45) is 1.85. The molecule has 0 spiro atoms. The average molecular weight is 366 g/mol. The monoisotopic (exact) mass is 366 g/mol. The van der Waals surface area contributed by atoms with Crippen LogP contribution in [0.25, 0.3) is 6.08 Å². The lowest BCUT2D eigenvalue weighted by molar-refractivity contribution is -0.114. The van der Waals surface area contributed by atoms with Gasteiger partial charge in [-0.15, -0.1) is 0 Å². The molecule has 0 radical (unpaired) electrons. The van der Waals surface area contributed by atoms with E-state index < -0.39 is 0 Å². The van der Waals surface area contributed by atoms with Gasteiger partial charge in [0.2, 0.25) is 0 Å². The van der Waals surface area contributed by atoms with Gasteiger partial charge in [-0.2, -0.15) is 0 Å². The molecular weight excluding hydrogens is 348 g/mol. The van der Waals surface area contributed by atoms with Gasteiger partial charge in [0.1, 0.15) is 18.9 Å². The van der Waals surface area contributed by atoms with E-state index in [2.05, 4.69) is 0 Å². The highest BCUT2D eigenvalue weighted by molar-refractivity contribution is 7.80. The zero-order valence-electron chi connectivity index (χ0n) is 14.6. The first-order valence-corrected chi connectivity index (χ1v) is 8.76. The number of ether oxygens (including phenoxy) is 2. The van der Waals surface area contributed by atoms with Crippen molar-refractivity contribution in [2.75, 3.05) is 25.2 Å². The number of hydrogen-bond donors (Lipinski definition) is 0. The predicted molar refractivity (Wildman–Crippen MR) is 104 cm³/mol. The molecule has 2 heterocycles. The molecule has 132 valence electrons. The largest absolute Gasteiger partial charge is 0.486 e. The summed E-state index contributed by atoms with van der Waals surface area (Å²) in [5.74, 6) is 1.30. The number of carbonyl (C=O) groups excluding carboxylic acids is 1. The normalized spacial score (nSPS) is 18.0. The van der Waals surface area contributed by atoms with Crippen LogP contribution in [-0.4, -0.2) is 36.2 Å². The maximum absolute atomic E-state index is 13.0. The highest BCUT2D eigenvalue weighted by Gasteiger charge is 2.36. The Morgan fingerprint density at radius 2 is 1.73 bits per heavy atom. The van der Waals surface area contributed by atoms with E-state index in [0.29, 0.717) is 29.8 Å². The fraction of sp³-hybridized carbons (Fsp3) is 0.200. The predicted octanol–water partition coefficient (Wildman–Crippen LogP) is 3.37. The maximum Gasteiger partial charge on any atom is 0.281 e. The first kappa shape index (κ1) is 16.6. The van der Waals surface area contributed by atoms with E-state index in [-0.39, 0.29) is 5.91 Å². The molecule has 1 saturated heterocycles. The van der Waals surface area contributed by atoms with Gasteiger partial charge in [-0.1, -0.05) is 18.2 Å². The molecule has 6 heteroatoms. The molecule has 5 nitrogen and oxygen atoms in total. The van der Waals surface area contributed by atoms with Crippen LogP contribution in [0.2, 0.25) is 0 Å². The number of fused-ring (bicyclic) bond motifs is 1. The highest BCUT2D eigenvalue weighted by Crippen LogP contribution is 2.35.